The van der Waals surface area contributed by atoms with E-state index in [1.54, 1.807) is 6.20 Å². The molecule has 0 aromatic carbocycles. The number of likely N-dealkylation sites (tertiary alicyclic amines) is 1. The second-order valence-corrected chi connectivity index (χ2v) is 3.65. The largest absolute Gasteiger partial charge is 0.326 e. The molecule has 1 fully saturated rings. The fraction of sp³-hybridized carbons (Fsp3) is 0.500. The third kappa shape index (κ3) is 5.32. The van der Waals surface area contributed by atoms with Gasteiger partial charge in [0, 0.05) is 38.1 Å². The van der Waals surface area contributed by atoms with Gasteiger partial charge in [-0.05, 0) is 18.1 Å². The molecule has 0 spiro atoms. The molecule has 2 heterocycles. The molecule has 16 heavy (non-hydrogen) atoms. The molecule has 2 N–H and O–H groups in total. The summed E-state index contributed by atoms with van der Waals surface area (Å²) in [6.45, 7) is 3.13. The zero-order valence-corrected chi connectivity index (χ0v) is 11.4. The van der Waals surface area contributed by atoms with Crippen LogP contribution in [0, 0.1) is 0 Å². The summed E-state index contributed by atoms with van der Waals surface area (Å²) >= 11 is 0. The SMILES string of the molecule is Cl.Cl.Cl.NC1CCN(Cc2cccnc2)C1. The first-order chi connectivity index (χ1) is 6.34. The minimum Gasteiger partial charge on any atom is -0.326 e. The minimum atomic E-state index is 0. The molecule has 1 aromatic heterocycles. The first-order valence-corrected chi connectivity index (χ1v) is 4.71. The fourth-order valence-electron chi connectivity index (χ4n) is 1.76. The van der Waals surface area contributed by atoms with Crippen molar-refractivity contribution in [1.82, 2.24) is 9.88 Å². The second kappa shape index (κ2) is 9.02. The van der Waals surface area contributed by atoms with Crippen molar-refractivity contribution in [1.29, 1.82) is 0 Å². The molecular weight excluding hydrogens is 268 g/mol. The summed E-state index contributed by atoms with van der Waals surface area (Å²) in [5.41, 5.74) is 7.10. The van der Waals surface area contributed by atoms with Crippen molar-refractivity contribution in [3.05, 3.63) is 30.1 Å². The van der Waals surface area contributed by atoms with Crippen LogP contribution in [-0.2, 0) is 6.54 Å². The Hall–Kier alpha value is -0.0600. The molecule has 1 saturated heterocycles. The van der Waals surface area contributed by atoms with Gasteiger partial charge < -0.3 is 5.73 Å². The van der Waals surface area contributed by atoms with Crippen LogP contribution in [0.5, 0.6) is 0 Å². The molecule has 0 aliphatic carbocycles. The number of pyridine rings is 1. The van der Waals surface area contributed by atoms with Crippen LogP contribution in [0.2, 0.25) is 0 Å². The third-order valence-electron chi connectivity index (χ3n) is 2.44. The molecule has 2 rings (SSSR count). The topological polar surface area (TPSA) is 42.1 Å². The van der Waals surface area contributed by atoms with Crippen LogP contribution in [0.3, 0.4) is 0 Å². The molecule has 0 amide bonds. The van der Waals surface area contributed by atoms with E-state index in [4.69, 9.17) is 5.73 Å². The molecule has 0 bridgehead atoms. The van der Waals surface area contributed by atoms with Gasteiger partial charge in [-0.1, -0.05) is 6.07 Å². The van der Waals surface area contributed by atoms with Crippen LogP contribution >= 0.6 is 37.2 Å². The Morgan fingerprint density at radius 1 is 1.38 bits per heavy atom. The predicted octanol–water partition coefficient (Wildman–Crippen LogP) is 1.88. The molecule has 1 aromatic rings. The van der Waals surface area contributed by atoms with Crippen LogP contribution in [-0.4, -0.2) is 29.0 Å². The quantitative estimate of drug-likeness (QED) is 0.903. The van der Waals surface area contributed by atoms with Gasteiger partial charge in [0.15, 0.2) is 0 Å². The van der Waals surface area contributed by atoms with Gasteiger partial charge in [0.25, 0.3) is 0 Å². The lowest BCUT2D eigenvalue weighted by Crippen LogP contribution is -2.26. The maximum atomic E-state index is 5.82. The highest BCUT2D eigenvalue weighted by atomic mass is 35.5. The lowest BCUT2D eigenvalue weighted by molar-refractivity contribution is 0.326. The summed E-state index contributed by atoms with van der Waals surface area (Å²) in [6.07, 6.45) is 4.85. The van der Waals surface area contributed by atoms with Gasteiger partial charge in [0.2, 0.25) is 0 Å². The van der Waals surface area contributed by atoms with Crippen LogP contribution in [0.15, 0.2) is 24.5 Å². The van der Waals surface area contributed by atoms with Crippen molar-refractivity contribution in [3.8, 4) is 0 Å². The molecule has 94 valence electrons. The van der Waals surface area contributed by atoms with E-state index in [0.717, 1.165) is 26.1 Å². The zero-order valence-electron chi connectivity index (χ0n) is 8.91. The number of rotatable bonds is 2. The van der Waals surface area contributed by atoms with Crippen LogP contribution in [0.1, 0.15) is 12.0 Å². The van der Waals surface area contributed by atoms with Gasteiger partial charge in [0.1, 0.15) is 0 Å². The van der Waals surface area contributed by atoms with Gasteiger partial charge in [-0.15, -0.1) is 37.2 Å². The van der Waals surface area contributed by atoms with E-state index >= 15 is 0 Å². The average molecular weight is 287 g/mol. The summed E-state index contributed by atoms with van der Waals surface area (Å²) in [5.74, 6) is 0. The van der Waals surface area contributed by atoms with Crippen molar-refractivity contribution in [2.45, 2.75) is 19.0 Å². The number of nitrogens with two attached hydrogens (primary N) is 1. The van der Waals surface area contributed by atoms with Gasteiger partial charge in [-0.25, -0.2) is 0 Å². The first kappa shape index (κ1) is 18.3. The normalized spacial score (nSPS) is 19.2. The van der Waals surface area contributed by atoms with Crippen molar-refractivity contribution < 1.29 is 0 Å². The summed E-state index contributed by atoms with van der Waals surface area (Å²) in [7, 11) is 0. The van der Waals surface area contributed by atoms with Crippen LogP contribution < -0.4 is 5.73 Å². The first-order valence-electron chi connectivity index (χ1n) is 4.71. The molecule has 0 saturated carbocycles. The van der Waals surface area contributed by atoms with E-state index in [1.807, 2.05) is 12.3 Å². The maximum Gasteiger partial charge on any atom is 0.0312 e. The Labute approximate surface area is 115 Å². The summed E-state index contributed by atoms with van der Waals surface area (Å²) < 4.78 is 0. The summed E-state index contributed by atoms with van der Waals surface area (Å²) in [4.78, 5) is 6.46. The number of hydrogen-bond acceptors (Lipinski definition) is 3. The zero-order chi connectivity index (χ0) is 9.10. The lowest BCUT2D eigenvalue weighted by atomic mass is 10.3. The summed E-state index contributed by atoms with van der Waals surface area (Å²) in [5, 5.41) is 0. The fourth-order valence-corrected chi connectivity index (χ4v) is 1.76. The van der Waals surface area contributed by atoms with E-state index in [2.05, 4.69) is 16.0 Å². The Morgan fingerprint density at radius 3 is 2.62 bits per heavy atom. The summed E-state index contributed by atoms with van der Waals surface area (Å²) in [6, 6.07) is 4.46. The highest BCUT2D eigenvalue weighted by Gasteiger charge is 2.18. The number of aromatic nitrogens is 1. The van der Waals surface area contributed by atoms with Gasteiger partial charge in [-0.2, -0.15) is 0 Å². The van der Waals surface area contributed by atoms with E-state index < -0.39 is 0 Å². The monoisotopic (exact) mass is 285 g/mol. The van der Waals surface area contributed by atoms with E-state index in [1.165, 1.54) is 5.56 Å². The van der Waals surface area contributed by atoms with E-state index in [0.29, 0.717) is 6.04 Å². The third-order valence-corrected chi connectivity index (χ3v) is 2.44. The number of nitrogens with zero attached hydrogens (tertiary/aromatic N) is 2. The molecule has 1 atom stereocenters. The Morgan fingerprint density at radius 2 is 2.12 bits per heavy atom. The molecule has 1 aliphatic rings. The van der Waals surface area contributed by atoms with Crippen molar-refractivity contribution in [3.63, 3.8) is 0 Å². The lowest BCUT2D eigenvalue weighted by Gasteiger charge is -2.14. The highest BCUT2D eigenvalue weighted by molar-refractivity contribution is 5.86. The van der Waals surface area contributed by atoms with Crippen molar-refractivity contribution >= 4 is 37.2 Å². The molecule has 1 unspecified atom stereocenters. The van der Waals surface area contributed by atoms with Gasteiger partial charge in [0.05, 0.1) is 0 Å². The van der Waals surface area contributed by atoms with E-state index in [9.17, 15) is 0 Å². The Bertz CT molecular complexity index is 271. The molecule has 0 radical (unpaired) electrons. The van der Waals surface area contributed by atoms with Crippen molar-refractivity contribution in [2.75, 3.05) is 13.1 Å². The highest BCUT2D eigenvalue weighted by Crippen LogP contribution is 2.10. The Kier molecular flexibility index (Phi) is 10.3. The predicted molar refractivity (Wildman–Crippen MR) is 73.9 cm³/mol. The van der Waals surface area contributed by atoms with Crippen LogP contribution in [0.4, 0.5) is 0 Å². The van der Waals surface area contributed by atoms with Gasteiger partial charge >= 0.3 is 0 Å². The van der Waals surface area contributed by atoms with E-state index in [-0.39, 0.29) is 37.2 Å². The van der Waals surface area contributed by atoms with Gasteiger partial charge in [-0.3, -0.25) is 9.88 Å². The number of hydrogen-bond donors (Lipinski definition) is 1. The van der Waals surface area contributed by atoms with Crippen molar-refractivity contribution in [2.24, 2.45) is 5.73 Å². The standard InChI is InChI=1S/C10H15N3.3ClH/c11-10-3-5-13(8-10)7-9-2-1-4-12-6-9;;;/h1-2,4,6,10H,3,5,7-8,11H2;3*1H. The second-order valence-electron chi connectivity index (χ2n) is 3.65. The molecular formula is C10H18Cl3N3. The van der Waals surface area contributed by atoms with Crippen LogP contribution in [0.25, 0.3) is 0 Å². The molecule has 6 heteroatoms. The average Bonchev–Trinajstić information content (AvgIpc) is 2.53. The number of halogens is 3. The molecule has 3 nitrogen and oxygen atoms in total. The smallest absolute Gasteiger partial charge is 0.0312 e. The minimum absolute atomic E-state index is 0. The molecule has 1 aliphatic heterocycles. The Balaban J connectivity index is 0. The maximum absolute atomic E-state index is 5.82.